The van der Waals surface area contributed by atoms with Crippen molar-refractivity contribution in [3.05, 3.63) is 5.82 Å². The van der Waals surface area contributed by atoms with Gasteiger partial charge < -0.3 is 5.73 Å². The van der Waals surface area contributed by atoms with Crippen LogP contribution in [0.15, 0.2) is 0 Å². The topological polar surface area (TPSA) is 69.6 Å². The van der Waals surface area contributed by atoms with Crippen molar-refractivity contribution in [2.24, 2.45) is 30.5 Å². The first-order valence-electron chi connectivity index (χ1n) is 6.65. The summed E-state index contributed by atoms with van der Waals surface area (Å²) in [5.41, 5.74) is 5.88. The van der Waals surface area contributed by atoms with Gasteiger partial charge in [-0.1, -0.05) is 19.8 Å². The Labute approximate surface area is 103 Å². The quantitative estimate of drug-likeness (QED) is 0.853. The number of nitrogens with two attached hydrogens (primary N) is 1. The van der Waals surface area contributed by atoms with Gasteiger partial charge in [0.25, 0.3) is 0 Å². The maximum atomic E-state index is 5.88. The molecule has 3 unspecified atom stereocenters. The van der Waals surface area contributed by atoms with Gasteiger partial charge in [-0.05, 0) is 42.4 Å². The van der Waals surface area contributed by atoms with E-state index in [2.05, 4.69) is 22.3 Å². The van der Waals surface area contributed by atoms with Crippen LogP contribution < -0.4 is 5.73 Å². The van der Waals surface area contributed by atoms with Crippen LogP contribution in [0.1, 0.15) is 38.4 Å². The third kappa shape index (κ3) is 3.03. The zero-order valence-corrected chi connectivity index (χ0v) is 10.8. The predicted molar refractivity (Wildman–Crippen MR) is 66.2 cm³/mol. The van der Waals surface area contributed by atoms with Crippen molar-refractivity contribution >= 4 is 0 Å². The number of rotatable bonds is 4. The summed E-state index contributed by atoms with van der Waals surface area (Å²) in [4.78, 5) is 1.53. The lowest BCUT2D eigenvalue weighted by Crippen LogP contribution is -2.31. The van der Waals surface area contributed by atoms with E-state index in [1.807, 2.05) is 7.05 Å². The first kappa shape index (κ1) is 12.5. The Kier molecular flexibility index (Phi) is 4.10. The maximum absolute atomic E-state index is 5.88. The maximum Gasteiger partial charge on any atom is 0.175 e. The third-order valence-corrected chi connectivity index (χ3v) is 4.12. The summed E-state index contributed by atoms with van der Waals surface area (Å²) in [7, 11) is 1.81. The third-order valence-electron chi connectivity index (χ3n) is 4.12. The van der Waals surface area contributed by atoms with Gasteiger partial charge in [0.05, 0.1) is 7.05 Å². The molecule has 0 saturated heterocycles. The SMILES string of the molecule is CCC1CCC(CN)C(Cc2nnn(C)n2)C1. The Bertz CT molecular complexity index is 348. The van der Waals surface area contributed by atoms with E-state index < -0.39 is 0 Å². The second kappa shape index (κ2) is 5.58. The van der Waals surface area contributed by atoms with Gasteiger partial charge in [0.2, 0.25) is 0 Å². The predicted octanol–water partition coefficient (Wildman–Crippen LogP) is 1.15. The molecule has 0 bridgehead atoms. The molecule has 17 heavy (non-hydrogen) atoms. The molecule has 1 aromatic heterocycles. The molecule has 1 fully saturated rings. The first-order valence-corrected chi connectivity index (χ1v) is 6.65. The zero-order chi connectivity index (χ0) is 12.3. The second-order valence-corrected chi connectivity index (χ2v) is 5.24. The number of nitrogens with zero attached hydrogens (tertiary/aromatic N) is 4. The Morgan fingerprint density at radius 3 is 2.76 bits per heavy atom. The summed E-state index contributed by atoms with van der Waals surface area (Å²) in [5.74, 6) is 3.01. The van der Waals surface area contributed by atoms with Gasteiger partial charge in [-0.25, -0.2) is 0 Å². The van der Waals surface area contributed by atoms with E-state index in [0.29, 0.717) is 11.8 Å². The molecule has 1 aliphatic rings. The molecule has 0 aromatic carbocycles. The lowest BCUT2D eigenvalue weighted by atomic mass is 9.72. The molecule has 1 saturated carbocycles. The molecule has 3 atom stereocenters. The molecule has 0 spiro atoms. The van der Waals surface area contributed by atoms with Gasteiger partial charge in [-0.3, -0.25) is 0 Å². The van der Waals surface area contributed by atoms with E-state index in [0.717, 1.165) is 24.7 Å². The minimum atomic E-state index is 0.640. The highest BCUT2D eigenvalue weighted by Crippen LogP contribution is 2.36. The van der Waals surface area contributed by atoms with E-state index in [-0.39, 0.29) is 0 Å². The van der Waals surface area contributed by atoms with Crippen molar-refractivity contribution in [1.29, 1.82) is 0 Å². The lowest BCUT2D eigenvalue weighted by Gasteiger charge is -2.34. The summed E-state index contributed by atoms with van der Waals surface area (Å²) >= 11 is 0. The van der Waals surface area contributed by atoms with E-state index in [1.165, 1.54) is 30.5 Å². The van der Waals surface area contributed by atoms with Crippen LogP contribution in [0.5, 0.6) is 0 Å². The van der Waals surface area contributed by atoms with Crippen molar-refractivity contribution in [2.75, 3.05) is 6.54 Å². The molecule has 2 rings (SSSR count). The molecule has 0 radical (unpaired) electrons. The fraction of sp³-hybridized carbons (Fsp3) is 0.917. The van der Waals surface area contributed by atoms with Gasteiger partial charge >= 0.3 is 0 Å². The number of aryl methyl sites for hydroxylation is 1. The molecule has 2 N–H and O–H groups in total. The van der Waals surface area contributed by atoms with Gasteiger partial charge in [0.15, 0.2) is 5.82 Å². The van der Waals surface area contributed by atoms with Crippen LogP contribution in [0.3, 0.4) is 0 Å². The normalized spacial score (nSPS) is 29.5. The van der Waals surface area contributed by atoms with Crippen LogP contribution in [-0.4, -0.2) is 26.8 Å². The average molecular weight is 237 g/mol. The standard InChI is InChI=1S/C12H23N5/c1-3-9-4-5-10(8-13)11(6-9)7-12-14-16-17(2)15-12/h9-11H,3-8,13H2,1-2H3. The summed E-state index contributed by atoms with van der Waals surface area (Å²) in [6, 6.07) is 0. The molecule has 5 nitrogen and oxygen atoms in total. The molecule has 5 heteroatoms. The zero-order valence-electron chi connectivity index (χ0n) is 10.8. The van der Waals surface area contributed by atoms with Crippen molar-refractivity contribution in [2.45, 2.75) is 39.0 Å². The first-order chi connectivity index (χ1) is 8.22. The Morgan fingerprint density at radius 2 is 2.18 bits per heavy atom. The summed E-state index contributed by atoms with van der Waals surface area (Å²) < 4.78 is 0. The smallest absolute Gasteiger partial charge is 0.175 e. The van der Waals surface area contributed by atoms with Crippen LogP contribution in [0.4, 0.5) is 0 Å². The highest BCUT2D eigenvalue weighted by Gasteiger charge is 2.29. The number of aromatic nitrogens is 4. The van der Waals surface area contributed by atoms with Gasteiger partial charge in [-0.15, -0.1) is 10.2 Å². The van der Waals surface area contributed by atoms with E-state index in [4.69, 9.17) is 5.73 Å². The highest BCUT2D eigenvalue weighted by molar-refractivity contribution is 4.88. The van der Waals surface area contributed by atoms with Gasteiger partial charge in [0.1, 0.15) is 0 Å². The van der Waals surface area contributed by atoms with Crippen LogP contribution in [0.2, 0.25) is 0 Å². The molecule has 1 aliphatic carbocycles. The van der Waals surface area contributed by atoms with Crippen LogP contribution >= 0.6 is 0 Å². The van der Waals surface area contributed by atoms with E-state index >= 15 is 0 Å². The monoisotopic (exact) mass is 237 g/mol. The minimum Gasteiger partial charge on any atom is -0.330 e. The highest BCUT2D eigenvalue weighted by atomic mass is 15.6. The largest absolute Gasteiger partial charge is 0.330 e. The molecule has 0 aliphatic heterocycles. The Morgan fingerprint density at radius 1 is 1.35 bits per heavy atom. The number of hydrogen-bond acceptors (Lipinski definition) is 4. The molecule has 96 valence electrons. The summed E-state index contributed by atoms with van der Waals surface area (Å²) in [6.45, 7) is 3.08. The molecule has 1 heterocycles. The van der Waals surface area contributed by atoms with Gasteiger partial charge in [-0.2, -0.15) is 4.80 Å². The fourth-order valence-corrected chi connectivity index (χ4v) is 2.99. The van der Waals surface area contributed by atoms with Crippen LogP contribution in [-0.2, 0) is 13.5 Å². The van der Waals surface area contributed by atoms with Crippen molar-refractivity contribution in [1.82, 2.24) is 20.2 Å². The van der Waals surface area contributed by atoms with Gasteiger partial charge in [0, 0.05) is 6.42 Å². The molecular weight excluding hydrogens is 214 g/mol. The summed E-state index contributed by atoms with van der Waals surface area (Å²) in [5, 5.41) is 12.3. The van der Waals surface area contributed by atoms with Crippen LogP contribution in [0, 0.1) is 17.8 Å². The van der Waals surface area contributed by atoms with Crippen molar-refractivity contribution < 1.29 is 0 Å². The minimum absolute atomic E-state index is 0.640. The Balaban J connectivity index is 2.00. The van der Waals surface area contributed by atoms with E-state index in [1.54, 1.807) is 0 Å². The molecular formula is C12H23N5. The van der Waals surface area contributed by atoms with E-state index in [9.17, 15) is 0 Å². The van der Waals surface area contributed by atoms with Crippen molar-refractivity contribution in [3.63, 3.8) is 0 Å². The van der Waals surface area contributed by atoms with Crippen LogP contribution in [0.25, 0.3) is 0 Å². The molecule has 1 aromatic rings. The Hall–Kier alpha value is -0.970. The number of hydrogen-bond donors (Lipinski definition) is 1. The fourth-order valence-electron chi connectivity index (χ4n) is 2.99. The second-order valence-electron chi connectivity index (χ2n) is 5.24. The lowest BCUT2D eigenvalue weighted by molar-refractivity contribution is 0.177. The van der Waals surface area contributed by atoms with Crippen molar-refractivity contribution in [3.8, 4) is 0 Å². The summed E-state index contributed by atoms with van der Waals surface area (Å²) in [6.07, 6.45) is 6.09. The number of tetrazole rings is 1. The average Bonchev–Trinajstić information content (AvgIpc) is 2.74. The molecule has 0 amide bonds.